The van der Waals surface area contributed by atoms with E-state index in [9.17, 15) is 17.6 Å². The van der Waals surface area contributed by atoms with Gasteiger partial charge in [0.2, 0.25) is 10.0 Å². The molecule has 0 spiro atoms. The second-order valence-electron chi connectivity index (χ2n) is 5.82. The minimum atomic E-state index is -3.90. The number of nitrogens with one attached hydrogen (secondary N) is 2. The van der Waals surface area contributed by atoms with E-state index in [-0.39, 0.29) is 34.2 Å². The number of hydrogen-bond donors (Lipinski definition) is 2. The Morgan fingerprint density at radius 3 is 2.96 bits per heavy atom. The maximum absolute atomic E-state index is 13.4. The number of nitrogens with zero attached hydrogens (tertiary/aromatic N) is 2. The molecule has 2 heterocycles. The molecule has 27 heavy (non-hydrogen) atoms. The number of hydrogen-bond acceptors (Lipinski definition) is 5. The molecule has 0 bridgehead atoms. The zero-order valence-electron chi connectivity index (χ0n) is 14.2. The van der Waals surface area contributed by atoms with E-state index in [0.717, 1.165) is 6.07 Å². The lowest BCUT2D eigenvalue weighted by Crippen LogP contribution is -2.35. The van der Waals surface area contributed by atoms with Crippen molar-refractivity contribution in [2.45, 2.75) is 10.9 Å². The van der Waals surface area contributed by atoms with Crippen molar-refractivity contribution in [1.29, 1.82) is 5.26 Å². The molecule has 2 N–H and O–H groups in total. The predicted octanol–water partition coefficient (Wildman–Crippen LogP) is 1.51. The number of aromatic nitrogens is 1. The summed E-state index contributed by atoms with van der Waals surface area (Å²) in [7, 11) is -2.41. The molecule has 1 aromatic carbocycles. The molecule has 1 aliphatic rings. The van der Waals surface area contributed by atoms with Gasteiger partial charge in [-0.25, -0.2) is 17.5 Å². The Hall–Kier alpha value is -3.16. The van der Waals surface area contributed by atoms with Crippen LogP contribution in [0.5, 0.6) is 5.75 Å². The summed E-state index contributed by atoms with van der Waals surface area (Å²) in [6, 6.07) is 4.57. The molecule has 0 fully saturated rings. The summed E-state index contributed by atoms with van der Waals surface area (Å²) >= 11 is 0. The van der Waals surface area contributed by atoms with Crippen LogP contribution in [0.15, 0.2) is 41.9 Å². The molecule has 1 aliphatic heterocycles. The third-order valence-electron chi connectivity index (χ3n) is 3.95. The van der Waals surface area contributed by atoms with Crippen molar-refractivity contribution in [3.8, 4) is 11.8 Å². The Morgan fingerprint density at radius 2 is 2.30 bits per heavy atom. The molecular weight excluding hydrogens is 375 g/mol. The number of ether oxygens (including phenoxy) is 1. The van der Waals surface area contributed by atoms with Gasteiger partial charge in [0.15, 0.2) is 11.4 Å². The van der Waals surface area contributed by atoms with E-state index in [4.69, 9.17) is 10.00 Å². The van der Waals surface area contributed by atoms with Gasteiger partial charge >= 0.3 is 0 Å². The topological polar surface area (TPSA) is 113 Å². The maximum atomic E-state index is 13.4. The number of fused-ring (bicyclic) bond motifs is 1. The number of aryl methyl sites for hydroxylation is 1. The van der Waals surface area contributed by atoms with Gasteiger partial charge in [-0.2, -0.15) is 5.26 Å². The fourth-order valence-electron chi connectivity index (χ4n) is 2.64. The molecule has 0 radical (unpaired) electrons. The lowest BCUT2D eigenvalue weighted by molar-refractivity contribution is 0.101. The second-order valence-corrected chi connectivity index (χ2v) is 7.50. The zero-order valence-corrected chi connectivity index (χ0v) is 15.0. The summed E-state index contributed by atoms with van der Waals surface area (Å²) in [5.74, 6) is -1.46. The van der Waals surface area contributed by atoms with Gasteiger partial charge in [-0.1, -0.05) is 6.08 Å². The van der Waals surface area contributed by atoms with Crippen molar-refractivity contribution in [3.63, 3.8) is 0 Å². The highest BCUT2D eigenvalue weighted by atomic mass is 32.2. The number of rotatable bonds is 3. The monoisotopic (exact) mass is 390 g/mol. The first-order chi connectivity index (χ1) is 12.8. The van der Waals surface area contributed by atoms with Crippen LogP contribution in [0.3, 0.4) is 0 Å². The number of carbonyl (C=O) groups excluding carboxylic acids is 1. The van der Waals surface area contributed by atoms with Gasteiger partial charge in [0.1, 0.15) is 23.4 Å². The standard InChI is InChI=1S/C17H15FN4O4S/c1-3-11-9-26-16-14(27(24,25)21-11)8-22(2)15(16)17(23)20-12-4-5-13(18)10(6-12)7-19/h3-6,8,11,21H,1,9H2,2H3,(H,20,23). The molecule has 1 unspecified atom stereocenters. The second kappa shape index (κ2) is 6.86. The molecule has 0 saturated carbocycles. The smallest absolute Gasteiger partial charge is 0.276 e. The summed E-state index contributed by atoms with van der Waals surface area (Å²) < 4.78 is 47.7. The summed E-state index contributed by atoms with van der Waals surface area (Å²) in [5.41, 5.74) is -0.0650. The summed E-state index contributed by atoms with van der Waals surface area (Å²) in [6.07, 6.45) is 2.66. The van der Waals surface area contributed by atoms with Crippen LogP contribution < -0.4 is 14.8 Å². The van der Waals surface area contributed by atoms with E-state index in [1.807, 2.05) is 0 Å². The molecule has 0 saturated heterocycles. The Kier molecular flexibility index (Phi) is 4.73. The normalized spacial score (nSPS) is 17.7. The summed E-state index contributed by atoms with van der Waals surface area (Å²) in [5, 5.41) is 11.4. The number of anilines is 1. The van der Waals surface area contributed by atoms with Crippen LogP contribution in [0.1, 0.15) is 16.1 Å². The van der Waals surface area contributed by atoms with Gasteiger partial charge in [0.05, 0.1) is 11.6 Å². The third kappa shape index (κ3) is 3.42. The molecular formula is C17H15FN4O4S. The molecule has 1 atom stereocenters. The molecule has 1 amide bonds. The van der Waals surface area contributed by atoms with Crippen molar-refractivity contribution < 1.29 is 22.3 Å². The fraction of sp³-hybridized carbons (Fsp3) is 0.176. The average Bonchev–Trinajstić information content (AvgIpc) is 2.91. The first-order valence-corrected chi connectivity index (χ1v) is 9.23. The van der Waals surface area contributed by atoms with Crippen molar-refractivity contribution in [3.05, 3.63) is 54.1 Å². The van der Waals surface area contributed by atoms with Crippen LogP contribution in [0.2, 0.25) is 0 Å². The van der Waals surface area contributed by atoms with Crippen LogP contribution in [0, 0.1) is 17.1 Å². The number of benzene rings is 1. The largest absolute Gasteiger partial charge is 0.488 e. The van der Waals surface area contributed by atoms with Crippen LogP contribution in [0.25, 0.3) is 0 Å². The first-order valence-electron chi connectivity index (χ1n) is 7.75. The van der Waals surface area contributed by atoms with Crippen LogP contribution in [0.4, 0.5) is 10.1 Å². The minimum absolute atomic E-state index is 0.0251. The van der Waals surface area contributed by atoms with Crippen LogP contribution in [-0.2, 0) is 17.1 Å². The zero-order chi connectivity index (χ0) is 19.8. The lowest BCUT2D eigenvalue weighted by atomic mass is 10.2. The molecule has 140 valence electrons. The fourth-order valence-corrected chi connectivity index (χ4v) is 4.02. The number of sulfonamides is 1. The van der Waals surface area contributed by atoms with E-state index in [1.54, 1.807) is 6.07 Å². The summed E-state index contributed by atoms with van der Waals surface area (Å²) in [6.45, 7) is 3.51. The highest BCUT2D eigenvalue weighted by Gasteiger charge is 2.33. The highest BCUT2D eigenvalue weighted by Crippen LogP contribution is 2.32. The maximum Gasteiger partial charge on any atom is 0.276 e. The van der Waals surface area contributed by atoms with E-state index in [0.29, 0.717) is 0 Å². The molecule has 0 aliphatic carbocycles. The number of carbonyl (C=O) groups is 1. The Balaban J connectivity index is 1.99. The van der Waals surface area contributed by atoms with Crippen LogP contribution in [-0.4, -0.2) is 31.5 Å². The van der Waals surface area contributed by atoms with Crippen molar-refractivity contribution >= 4 is 21.6 Å². The molecule has 8 nitrogen and oxygen atoms in total. The lowest BCUT2D eigenvalue weighted by Gasteiger charge is -2.12. The SMILES string of the molecule is C=CC1COc2c(cn(C)c2C(=O)Nc2ccc(F)c(C#N)c2)S(=O)(=O)N1. The predicted molar refractivity (Wildman–Crippen MR) is 94.3 cm³/mol. The van der Waals surface area contributed by atoms with Gasteiger partial charge < -0.3 is 14.6 Å². The molecule has 10 heteroatoms. The van der Waals surface area contributed by atoms with Gasteiger partial charge in [-0.15, -0.1) is 6.58 Å². The number of nitriles is 1. The Labute approximate surface area is 154 Å². The quantitative estimate of drug-likeness (QED) is 0.772. The van der Waals surface area contributed by atoms with E-state index < -0.39 is 27.8 Å². The molecule has 1 aromatic heterocycles. The summed E-state index contributed by atoms with van der Waals surface area (Å²) in [4.78, 5) is 12.5. The van der Waals surface area contributed by atoms with E-state index in [2.05, 4.69) is 16.6 Å². The molecule has 3 rings (SSSR count). The van der Waals surface area contributed by atoms with E-state index >= 15 is 0 Å². The first kappa shape index (κ1) is 18.6. The molecule has 2 aromatic rings. The van der Waals surface area contributed by atoms with Crippen molar-refractivity contribution in [2.75, 3.05) is 11.9 Å². The highest BCUT2D eigenvalue weighted by molar-refractivity contribution is 7.89. The van der Waals surface area contributed by atoms with Gasteiger partial charge in [0.25, 0.3) is 5.91 Å². The minimum Gasteiger partial charge on any atom is -0.488 e. The third-order valence-corrected chi connectivity index (χ3v) is 5.43. The van der Waals surface area contributed by atoms with Crippen molar-refractivity contribution in [2.24, 2.45) is 7.05 Å². The van der Waals surface area contributed by atoms with Crippen molar-refractivity contribution in [1.82, 2.24) is 9.29 Å². The average molecular weight is 390 g/mol. The number of amides is 1. The van der Waals surface area contributed by atoms with Gasteiger partial charge in [-0.3, -0.25) is 4.79 Å². The van der Waals surface area contributed by atoms with Gasteiger partial charge in [-0.05, 0) is 18.2 Å². The Bertz CT molecular complexity index is 1090. The van der Waals surface area contributed by atoms with Crippen LogP contribution >= 0.6 is 0 Å². The van der Waals surface area contributed by atoms with Gasteiger partial charge in [0, 0.05) is 18.9 Å². The Morgan fingerprint density at radius 1 is 1.56 bits per heavy atom. The van der Waals surface area contributed by atoms with E-state index in [1.165, 1.54) is 36.0 Å². The number of halogens is 1.